The molecule has 1 radical (unpaired) electrons. The first-order chi connectivity index (χ1) is 15.6. The zero-order valence-corrected chi connectivity index (χ0v) is 24.6. The molecule has 1 N–H and O–H groups in total. The van der Waals surface area contributed by atoms with Crippen molar-refractivity contribution >= 4 is 29.1 Å². The molecule has 0 saturated heterocycles. The molecule has 0 aromatic carbocycles. The number of Topliss-reactive ketones (excluding diaryl/α,β-unsaturated/α-hetero) is 1. The van der Waals surface area contributed by atoms with Crippen molar-refractivity contribution in [3.05, 3.63) is 0 Å². The van der Waals surface area contributed by atoms with Crippen molar-refractivity contribution in [3.8, 4) is 0 Å². The maximum atomic E-state index is 11.2. The molecule has 0 rings (SSSR count). The fourth-order valence-electron chi connectivity index (χ4n) is 3.40. The Morgan fingerprint density at radius 3 is 1.06 bits per heavy atom. The van der Waals surface area contributed by atoms with Crippen LogP contribution >= 0.6 is 0 Å². The zero-order valence-electron chi connectivity index (χ0n) is 23.4. The molecular formula is C28H56AlO5. The van der Waals surface area contributed by atoms with Gasteiger partial charge in [0, 0.05) is 0 Å². The van der Waals surface area contributed by atoms with E-state index in [4.69, 9.17) is 5.11 Å². The number of ketones is 1. The van der Waals surface area contributed by atoms with Crippen molar-refractivity contribution in [3.63, 3.8) is 0 Å². The predicted octanol–water partition coefficient (Wildman–Crippen LogP) is 6.06. The summed E-state index contributed by atoms with van der Waals surface area (Å²) in [6.07, 6.45) is 20.6. The molecule has 0 aromatic heterocycles. The summed E-state index contributed by atoms with van der Waals surface area (Å²) in [4.78, 5) is 22.1. The average molecular weight is 500 g/mol. The third-order valence-corrected chi connectivity index (χ3v) is 5.14. The standard InChI is InChI=1S/C22H42O3.2C3H7O.Al/c1-3-4-5-6-7-8-9-10-11-12-13-14-15-16-17-18-19-21(20(2)23)22(24)25;2*1-3(2)4;/h21H,3-19H2,1-2H3,(H,24,25);2*3H,1-2H3;/q;2*-1;+2. The molecule has 0 amide bonds. The molecule has 0 bridgehead atoms. The monoisotopic (exact) mass is 499 g/mol. The number of unbranched alkanes of at least 4 members (excludes halogenated alkanes) is 15. The van der Waals surface area contributed by atoms with Crippen LogP contribution in [0, 0.1) is 5.92 Å². The largest absolute Gasteiger partial charge is 2.00 e. The molecule has 6 heteroatoms. The van der Waals surface area contributed by atoms with Gasteiger partial charge in [0.1, 0.15) is 11.7 Å². The predicted molar refractivity (Wildman–Crippen MR) is 142 cm³/mol. The Labute approximate surface area is 222 Å². The van der Waals surface area contributed by atoms with E-state index in [0.29, 0.717) is 6.42 Å². The third-order valence-electron chi connectivity index (χ3n) is 5.14. The third kappa shape index (κ3) is 45.1. The van der Waals surface area contributed by atoms with Crippen LogP contribution in [0.3, 0.4) is 0 Å². The van der Waals surface area contributed by atoms with Crippen LogP contribution in [0.4, 0.5) is 0 Å². The summed E-state index contributed by atoms with van der Waals surface area (Å²) < 4.78 is 0. The van der Waals surface area contributed by atoms with E-state index in [2.05, 4.69) is 6.92 Å². The maximum Gasteiger partial charge on any atom is 2.00 e. The van der Waals surface area contributed by atoms with Gasteiger partial charge in [-0.15, -0.1) is 12.2 Å². The van der Waals surface area contributed by atoms with E-state index < -0.39 is 24.1 Å². The molecule has 1 atom stereocenters. The number of hydrogen-bond acceptors (Lipinski definition) is 4. The molecule has 201 valence electrons. The minimum atomic E-state index is -0.964. The molecule has 5 nitrogen and oxygen atoms in total. The van der Waals surface area contributed by atoms with Gasteiger partial charge in [-0.3, -0.25) is 9.59 Å². The summed E-state index contributed by atoms with van der Waals surface area (Å²) in [7, 11) is 0. The van der Waals surface area contributed by atoms with Gasteiger partial charge in [-0.05, 0) is 13.3 Å². The number of carbonyl (C=O) groups excluding carboxylic acids is 1. The Balaban J connectivity index is -0.000000430. The van der Waals surface area contributed by atoms with Gasteiger partial charge in [0.25, 0.3) is 0 Å². The van der Waals surface area contributed by atoms with Crippen LogP contribution in [0.15, 0.2) is 0 Å². The second-order valence-electron chi connectivity index (χ2n) is 9.69. The van der Waals surface area contributed by atoms with Crippen molar-refractivity contribution < 1.29 is 24.9 Å². The zero-order chi connectivity index (χ0) is 25.9. The van der Waals surface area contributed by atoms with Crippen LogP contribution in [0.2, 0.25) is 0 Å². The van der Waals surface area contributed by atoms with Gasteiger partial charge < -0.3 is 15.3 Å². The topological polar surface area (TPSA) is 100 Å². The van der Waals surface area contributed by atoms with E-state index in [0.717, 1.165) is 12.8 Å². The van der Waals surface area contributed by atoms with Crippen molar-refractivity contribution in [1.29, 1.82) is 0 Å². The van der Waals surface area contributed by atoms with Gasteiger partial charge in [-0.25, -0.2) is 0 Å². The molecular weight excluding hydrogens is 443 g/mol. The van der Waals surface area contributed by atoms with E-state index in [1.165, 1.54) is 96.8 Å². The molecule has 0 aliphatic carbocycles. The van der Waals surface area contributed by atoms with Gasteiger partial charge in [0.2, 0.25) is 0 Å². The molecule has 1 unspecified atom stereocenters. The molecule has 0 heterocycles. The summed E-state index contributed by atoms with van der Waals surface area (Å²) in [5.74, 6) is -1.96. The minimum absolute atomic E-state index is 0. The number of carboxylic acids is 1. The Bertz CT molecular complexity index is 388. The smallest absolute Gasteiger partial charge is 0.852 e. The molecule has 0 aromatic rings. The number of hydrogen-bond donors (Lipinski definition) is 1. The van der Waals surface area contributed by atoms with Crippen LogP contribution in [-0.4, -0.2) is 46.4 Å². The van der Waals surface area contributed by atoms with Crippen molar-refractivity contribution in [2.45, 2.75) is 163 Å². The maximum absolute atomic E-state index is 11.2. The van der Waals surface area contributed by atoms with E-state index in [1.807, 2.05) is 0 Å². The van der Waals surface area contributed by atoms with E-state index in [9.17, 15) is 19.8 Å². The van der Waals surface area contributed by atoms with Gasteiger partial charge >= 0.3 is 23.3 Å². The first-order valence-corrected chi connectivity index (χ1v) is 13.6. The Kier molecular flexibility index (Phi) is 39.1. The van der Waals surface area contributed by atoms with Crippen LogP contribution in [0.25, 0.3) is 0 Å². The Morgan fingerprint density at radius 1 is 0.618 bits per heavy atom. The Hall–Kier alpha value is -0.408. The van der Waals surface area contributed by atoms with Crippen LogP contribution in [0.5, 0.6) is 0 Å². The molecule has 34 heavy (non-hydrogen) atoms. The molecule has 0 aliphatic rings. The summed E-state index contributed by atoms with van der Waals surface area (Å²) in [6.45, 7) is 10.1. The van der Waals surface area contributed by atoms with E-state index >= 15 is 0 Å². The van der Waals surface area contributed by atoms with Crippen LogP contribution in [0.1, 0.15) is 151 Å². The molecule has 0 fully saturated rings. The summed E-state index contributed by atoms with van der Waals surface area (Å²) >= 11 is 0. The fourth-order valence-corrected chi connectivity index (χ4v) is 3.40. The van der Waals surface area contributed by atoms with Crippen molar-refractivity contribution in [2.75, 3.05) is 0 Å². The fraction of sp³-hybridized carbons (Fsp3) is 0.929. The van der Waals surface area contributed by atoms with Gasteiger partial charge in [0.05, 0.1) is 0 Å². The number of carbonyl (C=O) groups is 2. The van der Waals surface area contributed by atoms with Gasteiger partial charge in [-0.2, -0.15) is 0 Å². The Morgan fingerprint density at radius 2 is 0.853 bits per heavy atom. The van der Waals surface area contributed by atoms with E-state index in [1.54, 1.807) is 27.7 Å². The van der Waals surface area contributed by atoms with Crippen molar-refractivity contribution in [2.24, 2.45) is 5.92 Å². The number of carboxylic acid groups (broad SMARTS) is 1. The quantitative estimate of drug-likeness (QED) is 0.132. The van der Waals surface area contributed by atoms with Crippen molar-refractivity contribution in [1.82, 2.24) is 0 Å². The summed E-state index contributed by atoms with van der Waals surface area (Å²) in [5, 5.41) is 28.0. The first kappa shape index (κ1) is 40.7. The van der Waals surface area contributed by atoms with Gasteiger partial charge in [0.15, 0.2) is 0 Å². The molecule has 0 spiro atoms. The van der Waals surface area contributed by atoms with Crippen LogP contribution in [-0.2, 0) is 9.59 Å². The minimum Gasteiger partial charge on any atom is -0.852 e. The molecule has 0 saturated carbocycles. The second kappa shape index (κ2) is 32.6. The second-order valence-corrected chi connectivity index (χ2v) is 9.69. The SMILES string of the molecule is CC(C)[O-].CC(C)[O-].CCCCCCCCCCCCCCCCCCC(C(C)=O)C(=O)O.[Al+2]. The first-order valence-electron chi connectivity index (χ1n) is 13.6. The number of rotatable bonds is 19. The van der Waals surface area contributed by atoms with E-state index in [-0.39, 0.29) is 23.1 Å². The summed E-state index contributed by atoms with van der Waals surface area (Å²) in [5.41, 5.74) is 0. The normalized spacial score (nSPS) is 11.1. The molecule has 0 aliphatic heterocycles. The number of aliphatic carboxylic acids is 1. The summed E-state index contributed by atoms with van der Waals surface area (Å²) in [6, 6.07) is 0. The van der Waals surface area contributed by atoms with Gasteiger partial charge in [-0.1, -0.05) is 137 Å². The van der Waals surface area contributed by atoms with Crippen LogP contribution < -0.4 is 10.2 Å². The average Bonchev–Trinajstić information content (AvgIpc) is 2.69.